The zero-order chi connectivity index (χ0) is 3.58. The van der Waals surface area contributed by atoms with Gasteiger partial charge in [-0.3, -0.25) is 0 Å². The van der Waals surface area contributed by atoms with Crippen molar-refractivity contribution in [1.82, 2.24) is 0 Å². The average molecular weight is 151 g/mol. The van der Waals surface area contributed by atoms with Crippen molar-refractivity contribution in [2.45, 2.75) is 0 Å². The minimum absolute atomic E-state index is 0. The number of primary amides is 2. The van der Waals surface area contributed by atoms with E-state index in [1.807, 2.05) is 0 Å². The summed E-state index contributed by atoms with van der Waals surface area (Å²) in [7, 11) is 0. The van der Waals surface area contributed by atoms with Gasteiger partial charge in [-0.1, -0.05) is 0 Å². The van der Waals surface area contributed by atoms with Gasteiger partial charge in [0.2, 0.25) is 0 Å². The molecule has 0 aliphatic rings. The molecule has 0 heterocycles. The van der Waals surface area contributed by atoms with Gasteiger partial charge in [-0.15, -0.1) is 0 Å². The van der Waals surface area contributed by atoms with Crippen molar-refractivity contribution in [3.8, 4) is 0 Å². The van der Waals surface area contributed by atoms with Gasteiger partial charge in [-0.2, -0.15) is 0 Å². The SMILES string of the molecule is NC(N)=O.[Zr]. The molecule has 0 aromatic rings. The standard InChI is InChI=1S/CH4N2O.Zr/c2-1(3)4;/h(H4,2,3,4);. The molecule has 0 spiro atoms. The second-order valence-corrected chi connectivity index (χ2v) is 0.402. The van der Waals surface area contributed by atoms with Gasteiger partial charge >= 0.3 is 6.03 Å². The quantitative estimate of drug-likeness (QED) is 0.459. The summed E-state index contributed by atoms with van der Waals surface area (Å²) in [6.07, 6.45) is 0. The number of nitrogens with two attached hydrogens (primary N) is 2. The van der Waals surface area contributed by atoms with Crippen LogP contribution in [0.1, 0.15) is 0 Å². The molecule has 28 valence electrons. The number of hydrogen-bond acceptors (Lipinski definition) is 1. The molecule has 0 aromatic heterocycles. The maximum atomic E-state index is 9.00. The zero-order valence-corrected chi connectivity index (χ0v) is 5.02. The molecule has 0 saturated carbocycles. The van der Waals surface area contributed by atoms with Crippen molar-refractivity contribution in [3.05, 3.63) is 0 Å². The predicted molar refractivity (Wildman–Crippen MR) is 13.8 cm³/mol. The van der Waals surface area contributed by atoms with E-state index in [4.69, 9.17) is 4.79 Å². The minimum atomic E-state index is -0.833. The molecule has 0 rings (SSSR count). The van der Waals surface area contributed by atoms with Crippen LogP contribution in [0.4, 0.5) is 4.79 Å². The van der Waals surface area contributed by atoms with Gasteiger partial charge in [0.25, 0.3) is 0 Å². The van der Waals surface area contributed by atoms with Gasteiger partial charge < -0.3 is 11.5 Å². The van der Waals surface area contributed by atoms with Crippen LogP contribution in [0.3, 0.4) is 0 Å². The summed E-state index contributed by atoms with van der Waals surface area (Å²) in [6.45, 7) is 0. The summed E-state index contributed by atoms with van der Waals surface area (Å²) < 4.78 is 0. The Morgan fingerprint density at radius 1 is 1.40 bits per heavy atom. The van der Waals surface area contributed by atoms with Crippen molar-refractivity contribution in [1.29, 1.82) is 0 Å². The largest absolute Gasteiger partial charge is 0.352 e. The van der Waals surface area contributed by atoms with Crippen LogP contribution in [-0.4, -0.2) is 6.03 Å². The van der Waals surface area contributed by atoms with E-state index >= 15 is 0 Å². The normalized spacial score (nSPS) is 4.80. The number of hydrogen-bond donors (Lipinski definition) is 2. The first-order valence-electron chi connectivity index (χ1n) is 0.781. The molecule has 0 atom stereocenters. The van der Waals surface area contributed by atoms with Crippen molar-refractivity contribution in [3.63, 3.8) is 0 Å². The van der Waals surface area contributed by atoms with Gasteiger partial charge in [-0.25, -0.2) is 4.79 Å². The van der Waals surface area contributed by atoms with Gasteiger partial charge in [0, 0.05) is 26.2 Å². The van der Waals surface area contributed by atoms with Gasteiger partial charge in [0.15, 0.2) is 0 Å². The zero-order valence-electron chi connectivity index (χ0n) is 2.56. The first kappa shape index (κ1) is 8.94. The Hall–Kier alpha value is 0.153. The van der Waals surface area contributed by atoms with E-state index in [0.717, 1.165) is 0 Å². The molecule has 0 fully saturated rings. The molecule has 4 heteroatoms. The van der Waals surface area contributed by atoms with Crippen molar-refractivity contribution in [2.24, 2.45) is 11.5 Å². The Balaban J connectivity index is 0. The second kappa shape index (κ2) is 4.15. The Morgan fingerprint density at radius 2 is 1.40 bits per heavy atom. The van der Waals surface area contributed by atoms with Crippen LogP contribution < -0.4 is 11.5 Å². The number of rotatable bonds is 0. The van der Waals surface area contributed by atoms with Crippen molar-refractivity contribution >= 4 is 6.03 Å². The van der Waals surface area contributed by atoms with Crippen LogP contribution >= 0.6 is 0 Å². The van der Waals surface area contributed by atoms with E-state index in [-0.39, 0.29) is 26.2 Å². The van der Waals surface area contributed by atoms with E-state index < -0.39 is 6.03 Å². The molecule has 0 radical (unpaired) electrons. The third kappa shape index (κ3) is 821. The van der Waals surface area contributed by atoms with Gasteiger partial charge in [0.1, 0.15) is 0 Å². The minimum Gasteiger partial charge on any atom is -0.352 e. The smallest absolute Gasteiger partial charge is 0.309 e. The van der Waals surface area contributed by atoms with Gasteiger partial charge in [0.05, 0.1) is 0 Å². The maximum absolute atomic E-state index is 9.00. The van der Waals surface area contributed by atoms with Crippen LogP contribution in [-0.2, 0) is 26.2 Å². The summed E-state index contributed by atoms with van der Waals surface area (Å²) in [4.78, 5) is 9.00. The fourth-order valence-electron chi connectivity index (χ4n) is 0. The monoisotopic (exact) mass is 150 g/mol. The molecule has 0 saturated heterocycles. The number of amides is 2. The Bertz CT molecular complexity index is 32.6. The van der Waals surface area contributed by atoms with E-state index in [1.165, 1.54) is 0 Å². The van der Waals surface area contributed by atoms with Gasteiger partial charge in [-0.05, 0) is 0 Å². The second-order valence-electron chi connectivity index (χ2n) is 0.402. The number of carbonyl (C=O) groups is 1. The number of carbonyl (C=O) groups excluding carboxylic acids is 1. The summed E-state index contributed by atoms with van der Waals surface area (Å²) in [5.74, 6) is 0. The summed E-state index contributed by atoms with van der Waals surface area (Å²) in [5, 5.41) is 0. The summed E-state index contributed by atoms with van der Waals surface area (Å²) in [6, 6.07) is -0.833. The average Bonchev–Trinajstić information content (AvgIpc) is 0.811. The maximum Gasteiger partial charge on any atom is 0.309 e. The Labute approximate surface area is 48.8 Å². The molecule has 2 amide bonds. The summed E-state index contributed by atoms with van der Waals surface area (Å²) >= 11 is 0. The third-order valence-electron chi connectivity index (χ3n) is 0. The van der Waals surface area contributed by atoms with Crippen LogP contribution in [0.25, 0.3) is 0 Å². The van der Waals surface area contributed by atoms with Crippen molar-refractivity contribution in [2.75, 3.05) is 0 Å². The molecule has 0 aliphatic carbocycles. The molecule has 0 unspecified atom stereocenters. The third-order valence-corrected chi connectivity index (χ3v) is 0. The predicted octanol–water partition coefficient (Wildman–Crippen LogP) is -0.979. The molecule has 4 N–H and O–H groups in total. The van der Waals surface area contributed by atoms with Crippen LogP contribution in [0.5, 0.6) is 0 Å². The molecule has 5 heavy (non-hydrogen) atoms. The fraction of sp³-hybridized carbons (Fsp3) is 0. The first-order chi connectivity index (χ1) is 1.73. The summed E-state index contributed by atoms with van der Waals surface area (Å²) in [5.41, 5.74) is 8.50. The molecule has 0 aromatic carbocycles. The van der Waals surface area contributed by atoms with E-state index in [1.54, 1.807) is 0 Å². The van der Waals surface area contributed by atoms with Crippen LogP contribution in [0, 0.1) is 0 Å². The molecule has 0 aliphatic heterocycles. The van der Waals surface area contributed by atoms with Crippen LogP contribution in [0.15, 0.2) is 0 Å². The molecular formula is CH4N2OZr. The topological polar surface area (TPSA) is 69.1 Å². The van der Waals surface area contributed by atoms with E-state index in [2.05, 4.69) is 11.5 Å². The first-order valence-corrected chi connectivity index (χ1v) is 0.781. The van der Waals surface area contributed by atoms with Crippen molar-refractivity contribution < 1.29 is 31.0 Å². The molecule has 0 bridgehead atoms. The molecular weight excluding hydrogens is 147 g/mol. The van der Waals surface area contributed by atoms with E-state index in [9.17, 15) is 0 Å². The Morgan fingerprint density at radius 3 is 1.40 bits per heavy atom. The Kier molecular flexibility index (Phi) is 7.43. The number of urea groups is 1. The van der Waals surface area contributed by atoms with Crippen LogP contribution in [0.2, 0.25) is 0 Å². The molecule has 3 nitrogen and oxygen atoms in total. The van der Waals surface area contributed by atoms with E-state index in [0.29, 0.717) is 0 Å². The fourth-order valence-corrected chi connectivity index (χ4v) is 0.